The monoisotopic (exact) mass is 556 g/mol. The summed E-state index contributed by atoms with van der Waals surface area (Å²) in [6.07, 6.45) is 0. The number of aryl methyl sites for hydroxylation is 1. The van der Waals surface area contributed by atoms with Crippen LogP contribution in [0.5, 0.6) is 11.5 Å². The summed E-state index contributed by atoms with van der Waals surface area (Å²) in [5, 5.41) is 0. The summed E-state index contributed by atoms with van der Waals surface area (Å²) in [4.78, 5) is 4.84. The molecular weight excluding hydrogens is 524 g/mol. The van der Waals surface area contributed by atoms with Gasteiger partial charge in [-0.25, -0.2) is 0 Å². The summed E-state index contributed by atoms with van der Waals surface area (Å²) in [6.45, 7) is 6.86. The van der Waals surface area contributed by atoms with Crippen LogP contribution in [0, 0.1) is 6.92 Å². The molecule has 2 aliphatic heterocycles. The maximum Gasteiger partial charge on any atom is 0.151 e. The van der Waals surface area contributed by atoms with Gasteiger partial charge in [0.05, 0.1) is 22.7 Å². The molecule has 43 heavy (non-hydrogen) atoms. The van der Waals surface area contributed by atoms with Crippen LogP contribution >= 0.6 is 0 Å². The van der Waals surface area contributed by atoms with Crippen molar-refractivity contribution in [2.75, 3.05) is 9.80 Å². The Morgan fingerprint density at radius 1 is 0.558 bits per heavy atom. The van der Waals surface area contributed by atoms with Crippen molar-refractivity contribution in [1.82, 2.24) is 0 Å². The first kappa shape index (κ1) is 25.4. The number of nitrogens with zero attached hydrogens (tertiary/aromatic N) is 2. The lowest BCUT2D eigenvalue weighted by Crippen LogP contribution is -2.34. The standard InChI is InChI=1S/C40H32N2O/c1-27-13-10-21-35-38(27)42-34-20-12-19-33(37(34)40(2,3)32-18-11-22-36(43-35)39(32)42)41(30-16-8-5-9-17-30)31-25-23-29(24-26-31)28-14-6-4-7-15-28/h4-26H,1-3H3. The Labute approximate surface area is 253 Å². The van der Waals surface area contributed by atoms with Crippen LogP contribution in [-0.2, 0) is 5.41 Å². The van der Waals surface area contributed by atoms with Gasteiger partial charge in [-0.05, 0) is 77.7 Å². The van der Waals surface area contributed by atoms with Crippen LogP contribution in [0.3, 0.4) is 0 Å². The topological polar surface area (TPSA) is 15.7 Å². The van der Waals surface area contributed by atoms with Crippen molar-refractivity contribution in [3.8, 4) is 22.6 Å². The Kier molecular flexibility index (Phi) is 5.70. The fourth-order valence-electron chi connectivity index (χ4n) is 6.93. The molecule has 6 aromatic carbocycles. The second-order valence-corrected chi connectivity index (χ2v) is 11.9. The average molecular weight is 557 g/mol. The number of fused-ring (bicyclic) bond motifs is 4. The molecule has 0 spiro atoms. The SMILES string of the molecule is Cc1cccc2c1N1c3cccc(N(c4ccccc4)c4ccc(-c5ccccc5)cc4)c3C(C)(C)c3cccc(c31)O2. The Bertz CT molecular complexity index is 1980. The minimum atomic E-state index is -0.297. The summed E-state index contributed by atoms with van der Waals surface area (Å²) < 4.78 is 6.53. The van der Waals surface area contributed by atoms with Gasteiger partial charge < -0.3 is 14.5 Å². The summed E-state index contributed by atoms with van der Waals surface area (Å²) in [7, 11) is 0. The zero-order valence-electron chi connectivity index (χ0n) is 24.6. The lowest BCUT2D eigenvalue weighted by Gasteiger charge is -2.47. The number of para-hydroxylation sites is 3. The number of anilines is 6. The molecule has 2 heterocycles. The van der Waals surface area contributed by atoms with Gasteiger partial charge in [0.1, 0.15) is 0 Å². The molecule has 0 bridgehead atoms. The predicted octanol–water partition coefficient (Wildman–Crippen LogP) is 11.3. The van der Waals surface area contributed by atoms with E-state index in [1.807, 2.05) is 0 Å². The van der Waals surface area contributed by atoms with Crippen molar-refractivity contribution in [2.45, 2.75) is 26.2 Å². The van der Waals surface area contributed by atoms with Crippen LogP contribution in [0.25, 0.3) is 11.1 Å². The van der Waals surface area contributed by atoms with Gasteiger partial charge >= 0.3 is 0 Å². The summed E-state index contributed by atoms with van der Waals surface area (Å²) >= 11 is 0. The molecule has 0 fully saturated rings. The highest BCUT2D eigenvalue weighted by atomic mass is 16.5. The van der Waals surface area contributed by atoms with Crippen molar-refractivity contribution in [3.63, 3.8) is 0 Å². The lowest BCUT2D eigenvalue weighted by atomic mass is 9.72. The van der Waals surface area contributed by atoms with Crippen LogP contribution < -0.4 is 14.5 Å². The van der Waals surface area contributed by atoms with Crippen LogP contribution in [0.4, 0.5) is 34.1 Å². The van der Waals surface area contributed by atoms with E-state index in [0.29, 0.717) is 0 Å². The molecule has 0 N–H and O–H groups in total. The van der Waals surface area contributed by atoms with Crippen molar-refractivity contribution in [3.05, 3.63) is 156 Å². The normalized spacial score (nSPS) is 13.8. The largest absolute Gasteiger partial charge is 0.453 e. The molecule has 6 aromatic rings. The zero-order valence-corrected chi connectivity index (χ0v) is 24.6. The van der Waals surface area contributed by atoms with E-state index in [1.54, 1.807) is 0 Å². The van der Waals surface area contributed by atoms with Gasteiger partial charge in [-0.15, -0.1) is 0 Å². The Balaban J connectivity index is 1.38. The molecule has 208 valence electrons. The fourth-order valence-corrected chi connectivity index (χ4v) is 6.93. The second kappa shape index (κ2) is 9.64. The molecule has 0 aliphatic carbocycles. The Morgan fingerprint density at radius 2 is 1.16 bits per heavy atom. The minimum Gasteiger partial charge on any atom is -0.453 e. The fraction of sp³-hybridized carbons (Fsp3) is 0.100. The Hall–Kier alpha value is -5.28. The van der Waals surface area contributed by atoms with Gasteiger partial charge in [0.2, 0.25) is 0 Å². The third-order valence-corrected chi connectivity index (χ3v) is 8.91. The molecule has 0 unspecified atom stereocenters. The average Bonchev–Trinajstić information content (AvgIpc) is 3.04. The molecule has 3 nitrogen and oxygen atoms in total. The number of hydrogen-bond donors (Lipinski definition) is 0. The molecule has 0 radical (unpaired) electrons. The molecule has 0 saturated carbocycles. The van der Waals surface area contributed by atoms with Crippen molar-refractivity contribution in [2.24, 2.45) is 0 Å². The van der Waals surface area contributed by atoms with Gasteiger partial charge in [0.25, 0.3) is 0 Å². The predicted molar refractivity (Wildman–Crippen MR) is 178 cm³/mol. The lowest BCUT2D eigenvalue weighted by molar-refractivity contribution is 0.471. The quantitative estimate of drug-likeness (QED) is 0.214. The van der Waals surface area contributed by atoms with Crippen LogP contribution in [0.15, 0.2) is 140 Å². The highest BCUT2D eigenvalue weighted by molar-refractivity contribution is 5.97. The molecule has 0 atom stereocenters. The van der Waals surface area contributed by atoms with Crippen LogP contribution in [0.1, 0.15) is 30.5 Å². The van der Waals surface area contributed by atoms with Gasteiger partial charge in [-0.1, -0.05) is 105 Å². The summed E-state index contributed by atoms with van der Waals surface area (Å²) in [5.74, 6) is 1.79. The molecule has 0 saturated heterocycles. The van der Waals surface area contributed by atoms with E-state index in [4.69, 9.17) is 4.74 Å². The highest BCUT2D eigenvalue weighted by Gasteiger charge is 2.44. The van der Waals surface area contributed by atoms with E-state index in [0.717, 1.165) is 34.2 Å². The minimum absolute atomic E-state index is 0.297. The first-order valence-electron chi connectivity index (χ1n) is 14.9. The number of rotatable bonds is 4. The zero-order chi connectivity index (χ0) is 29.1. The van der Waals surface area contributed by atoms with Crippen LogP contribution in [-0.4, -0.2) is 0 Å². The Morgan fingerprint density at radius 3 is 1.91 bits per heavy atom. The smallest absolute Gasteiger partial charge is 0.151 e. The molecule has 0 aromatic heterocycles. The van der Waals surface area contributed by atoms with Gasteiger partial charge in [-0.2, -0.15) is 0 Å². The summed E-state index contributed by atoms with van der Waals surface area (Å²) in [5.41, 5.74) is 12.7. The van der Waals surface area contributed by atoms with E-state index in [-0.39, 0.29) is 5.41 Å². The van der Waals surface area contributed by atoms with E-state index in [1.165, 1.54) is 39.2 Å². The first-order chi connectivity index (χ1) is 21.0. The molecule has 3 heteroatoms. The van der Waals surface area contributed by atoms with E-state index < -0.39 is 0 Å². The number of ether oxygens (including phenoxy) is 1. The second-order valence-electron chi connectivity index (χ2n) is 11.9. The molecule has 0 amide bonds. The molecule has 8 rings (SSSR count). The third kappa shape index (κ3) is 3.89. The maximum atomic E-state index is 6.53. The van der Waals surface area contributed by atoms with Crippen LogP contribution in [0.2, 0.25) is 0 Å². The number of benzene rings is 6. The summed E-state index contributed by atoms with van der Waals surface area (Å²) in [6, 6.07) is 49.7. The number of hydrogen-bond acceptors (Lipinski definition) is 3. The van der Waals surface area contributed by atoms with E-state index >= 15 is 0 Å². The van der Waals surface area contributed by atoms with Crippen molar-refractivity contribution in [1.29, 1.82) is 0 Å². The first-order valence-corrected chi connectivity index (χ1v) is 14.9. The van der Waals surface area contributed by atoms with E-state index in [2.05, 4.69) is 170 Å². The highest BCUT2D eigenvalue weighted by Crippen LogP contribution is 2.62. The van der Waals surface area contributed by atoms with Crippen molar-refractivity contribution >= 4 is 34.1 Å². The molecular formula is C40H32N2O. The third-order valence-electron chi connectivity index (χ3n) is 8.91. The van der Waals surface area contributed by atoms with Gasteiger partial charge in [0.15, 0.2) is 11.5 Å². The molecule has 2 aliphatic rings. The van der Waals surface area contributed by atoms with Gasteiger partial charge in [0, 0.05) is 22.4 Å². The van der Waals surface area contributed by atoms with E-state index in [9.17, 15) is 0 Å². The van der Waals surface area contributed by atoms with Gasteiger partial charge in [-0.3, -0.25) is 0 Å². The van der Waals surface area contributed by atoms with Crippen molar-refractivity contribution < 1.29 is 4.74 Å². The maximum absolute atomic E-state index is 6.53.